The van der Waals surface area contributed by atoms with Crippen molar-refractivity contribution in [2.75, 3.05) is 26.2 Å². The van der Waals surface area contributed by atoms with Gasteiger partial charge in [-0.15, -0.1) is 0 Å². The summed E-state index contributed by atoms with van der Waals surface area (Å²) in [7, 11) is 0. The van der Waals surface area contributed by atoms with E-state index in [9.17, 15) is 0 Å². The molecule has 0 amide bonds. The van der Waals surface area contributed by atoms with E-state index in [1.54, 1.807) is 0 Å². The normalized spacial score (nSPS) is 24.0. The van der Waals surface area contributed by atoms with E-state index >= 15 is 0 Å². The Balaban J connectivity index is 1.51. The molecule has 110 valence electrons. The second-order valence-electron chi connectivity index (χ2n) is 6.22. The first-order valence-corrected chi connectivity index (χ1v) is 8.38. The lowest BCUT2D eigenvalue weighted by atomic mass is 9.96. The van der Waals surface area contributed by atoms with Crippen LogP contribution in [0, 0.1) is 5.92 Å². The number of aryl methyl sites for hydroxylation is 1. The van der Waals surface area contributed by atoms with Crippen LogP contribution in [0.1, 0.15) is 43.4 Å². The van der Waals surface area contributed by atoms with E-state index in [-0.39, 0.29) is 0 Å². The number of fused-ring (bicyclic) bond motifs is 1. The molecule has 1 fully saturated rings. The zero-order chi connectivity index (χ0) is 13.9. The smallest absolute Gasteiger partial charge is 0.0408 e. The van der Waals surface area contributed by atoms with Crippen molar-refractivity contribution < 1.29 is 0 Å². The molecule has 0 radical (unpaired) electrons. The van der Waals surface area contributed by atoms with Crippen molar-refractivity contribution in [1.29, 1.82) is 0 Å². The molecule has 1 saturated heterocycles. The van der Waals surface area contributed by atoms with E-state index in [0.717, 1.165) is 10.9 Å². The third kappa shape index (κ3) is 3.19. The van der Waals surface area contributed by atoms with Crippen LogP contribution in [-0.4, -0.2) is 31.1 Å². The summed E-state index contributed by atoms with van der Waals surface area (Å²) in [6, 6.07) is 6.92. The summed E-state index contributed by atoms with van der Waals surface area (Å²) in [5.74, 6) is 0.856. The highest BCUT2D eigenvalue weighted by molar-refractivity contribution is 6.30. The summed E-state index contributed by atoms with van der Waals surface area (Å²) < 4.78 is 0. The fourth-order valence-electron chi connectivity index (χ4n) is 3.61. The second kappa shape index (κ2) is 6.46. The van der Waals surface area contributed by atoms with Crippen LogP contribution in [0.15, 0.2) is 18.2 Å². The van der Waals surface area contributed by atoms with E-state index in [1.807, 2.05) is 6.07 Å². The molecule has 1 unspecified atom stereocenters. The van der Waals surface area contributed by atoms with Crippen molar-refractivity contribution in [3.63, 3.8) is 0 Å². The van der Waals surface area contributed by atoms with Crippen LogP contribution in [-0.2, 0) is 6.42 Å². The number of nitrogens with zero attached hydrogens (tertiary/aromatic N) is 1. The van der Waals surface area contributed by atoms with Crippen LogP contribution in [0.3, 0.4) is 0 Å². The molecule has 1 atom stereocenters. The minimum atomic E-state index is 0.548. The van der Waals surface area contributed by atoms with Crippen molar-refractivity contribution in [3.8, 4) is 0 Å². The highest BCUT2D eigenvalue weighted by atomic mass is 35.5. The molecule has 1 aromatic rings. The van der Waals surface area contributed by atoms with Crippen molar-refractivity contribution in [1.82, 2.24) is 10.2 Å². The van der Waals surface area contributed by atoms with Gasteiger partial charge in [0.1, 0.15) is 0 Å². The molecular weight excluding hydrogens is 268 g/mol. The Morgan fingerprint density at radius 1 is 1.25 bits per heavy atom. The fourth-order valence-corrected chi connectivity index (χ4v) is 3.81. The van der Waals surface area contributed by atoms with Gasteiger partial charge in [0.05, 0.1) is 0 Å². The van der Waals surface area contributed by atoms with Gasteiger partial charge < -0.3 is 10.2 Å². The molecule has 3 rings (SSSR count). The molecule has 1 aliphatic heterocycles. The van der Waals surface area contributed by atoms with E-state index in [4.69, 9.17) is 11.6 Å². The van der Waals surface area contributed by atoms with Crippen LogP contribution in [0.5, 0.6) is 0 Å². The van der Waals surface area contributed by atoms with Gasteiger partial charge in [-0.25, -0.2) is 0 Å². The van der Waals surface area contributed by atoms with Gasteiger partial charge in [0, 0.05) is 11.1 Å². The SMILES string of the molecule is CCN1CCC(CNC2CCc3cc(Cl)ccc32)CC1. The maximum atomic E-state index is 6.07. The average molecular weight is 293 g/mol. The van der Waals surface area contributed by atoms with Gasteiger partial charge >= 0.3 is 0 Å². The Labute approximate surface area is 127 Å². The Morgan fingerprint density at radius 3 is 2.80 bits per heavy atom. The van der Waals surface area contributed by atoms with Crippen LogP contribution in [0.2, 0.25) is 5.02 Å². The molecule has 3 heteroatoms. The average Bonchev–Trinajstić information content (AvgIpc) is 2.88. The topological polar surface area (TPSA) is 15.3 Å². The molecule has 2 nitrogen and oxygen atoms in total. The van der Waals surface area contributed by atoms with E-state index < -0.39 is 0 Å². The van der Waals surface area contributed by atoms with Gasteiger partial charge in [0.2, 0.25) is 0 Å². The van der Waals surface area contributed by atoms with Crippen molar-refractivity contribution in [2.24, 2.45) is 5.92 Å². The highest BCUT2D eigenvalue weighted by Crippen LogP contribution is 2.33. The third-order valence-corrected chi connectivity index (χ3v) is 5.23. The molecule has 20 heavy (non-hydrogen) atoms. The number of likely N-dealkylation sites (tertiary alicyclic amines) is 1. The Morgan fingerprint density at radius 2 is 2.05 bits per heavy atom. The van der Waals surface area contributed by atoms with E-state index in [1.165, 1.54) is 63.0 Å². The minimum absolute atomic E-state index is 0.548. The van der Waals surface area contributed by atoms with Gasteiger partial charge in [-0.3, -0.25) is 0 Å². The van der Waals surface area contributed by atoms with Crippen LogP contribution >= 0.6 is 11.6 Å². The third-order valence-electron chi connectivity index (χ3n) is 4.99. The quantitative estimate of drug-likeness (QED) is 0.911. The Bertz CT molecular complexity index is 452. The van der Waals surface area contributed by atoms with Gasteiger partial charge in [-0.2, -0.15) is 0 Å². The second-order valence-corrected chi connectivity index (χ2v) is 6.66. The maximum Gasteiger partial charge on any atom is 0.0408 e. The zero-order valence-corrected chi connectivity index (χ0v) is 13.1. The van der Waals surface area contributed by atoms with Crippen molar-refractivity contribution in [3.05, 3.63) is 34.3 Å². The summed E-state index contributed by atoms with van der Waals surface area (Å²) in [5.41, 5.74) is 2.91. The van der Waals surface area contributed by atoms with Gasteiger partial charge in [-0.05, 0) is 81.0 Å². The molecule has 0 bridgehead atoms. The molecule has 1 N–H and O–H groups in total. The molecule has 1 heterocycles. The minimum Gasteiger partial charge on any atom is -0.310 e. The molecular formula is C17H25ClN2. The summed E-state index contributed by atoms with van der Waals surface area (Å²) in [5, 5.41) is 4.67. The largest absolute Gasteiger partial charge is 0.310 e. The summed E-state index contributed by atoms with van der Waals surface area (Å²) >= 11 is 6.07. The lowest BCUT2D eigenvalue weighted by molar-refractivity contribution is 0.187. The number of halogens is 1. The molecule has 1 aromatic carbocycles. The monoisotopic (exact) mass is 292 g/mol. The number of piperidine rings is 1. The first-order valence-electron chi connectivity index (χ1n) is 8.00. The number of benzene rings is 1. The van der Waals surface area contributed by atoms with Crippen LogP contribution < -0.4 is 5.32 Å². The van der Waals surface area contributed by atoms with Gasteiger partial charge in [-0.1, -0.05) is 24.6 Å². The predicted octanol–water partition coefficient (Wildman–Crippen LogP) is 3.65. The summed E-state index contributed by atoms with van der Waals surface area (Å²) in [6.07, 6.45) is 5.09. The summed E-state index contributed by atoms with van der Waals surface area (Å²) in [4.78, 5) is 2.56. The number of rotatable bonds is 4. The molecule has 2 aliphatic rings. The van der Waals surface area contributed by atoms with Crippen molar-refractivity contribution in [2.45, 2.75) is 38.6 Å². The standard InChI is InChI=1S/C17H25ClN2/c1-2-20-9-7-13(8-10-20)12-19-17-6-3-14-11-15(18)4-5-16(14)17/h4-5,11,13,17,19H,2-3,6-10,12H2,1H3. The number of nitrogens with one attached hydrogen (secondary N) is 1. The molecule has 1 aliphatic carbocycles. The highest BCUT2D eigenvalue weighted by Gasteiger charge is 2.24. The lowest BCUT2D eigenvalue weighted by Crippen LogP contribution is -2.37. The maximum absolute atomic E-state index is 6.07. The van der Waals surface area contributed by atoms with Crippen LogP contribution in [0.25, 0.3) is 0 Å². The first kappa shape index (κ1) is 14.4. The first-order chi connectivity index (χ1) is 9.76. The fraction of sp³-hybridized carbons (Fsp3) is 0.647. The Hall–Kier alpha value is -0.570. The van der Waals surface area contributed by atoms with Gasteiger partial charge in [0.25, 0.3) is 0 Å². The predicted molar refractivity (Wildman–Crippen MR) is 85.4 cm³/mol. The number of hydrogen-bond donors (Lipinski definition) is 1. The molecule has 0 spiro atoms. The number of hydrogen-bond acceptors (Lipinski definition) is 2. The summed E-state index contributed by atoms with van der Waals surface area (Å²) in [6.45, 7) is 7.19. The zero-order valence-electron chi connectivity index (χ0n) is 12.4. The van der Waals surface area contributed by atoms with Crippen molar-refractivity contribution >= 4 is 11.6 Å². The molecule has 0 aromatic heterocycles. The lowest BCUT2D eigenvalue weighted by Gasteiger charge is -2.31. The molecule has 0 saturated carbocycles. The van der Waals surface area contributed by atoms with E-state index in [0.29, 0.717) is 6.04 Å². The van der Waals surface area contributed by atoms with E-state index in [2.05, 4.69) is 29.3 Å². The van der Waals surface area contributed by atoms with Gasteiger partial charge in [0.15, 0.2) is 0 Å². The Kier molecular flexibility index (Phi) is 4.65. The van der Waals surface area contributed by atoms with Crippen LogP contribution in [0.4, 0.5) is 0 Å².